The summed E-state index contributed by atoms with van der Waals surface area (Å²) >= 11 is 5.24. The van der Waals surface area contributed by atoms with E-state index in [9.17, 15) is 0 Å². The summed E-state index contributed by atoms with van der Waals surface area (Å²) in [5, 5.41) is 0. The van der Waals surface area contributed by atoms with Crippen LogP contribution in [0.5, 0.6) is 0 Å². The molecule has 0 aliphatic rings. The van der Waals surface area contributed by atoms with E-state index in [-0.39, 0.29) is 0 Å². The fourth-order valence-corrected chi connectivity index (χ4v) is 3.06. The lowest BCUT2D eigenvalue weighted by atomic mass is 10.1. The molecular weight excluding hydrogens is 234 g/mol. The number of thiophene rings is 1. The summed E-state index contributed by atoms with van der Waals surface area (Å²) in [6, 6.07) is 0. The molecule has 1 heterocycles. The first-order valence-corrected chi connectivity index (χ1v) is 5.87. The lowest BCUT2D eigenvalue weighted by Gasteiger charge is -2.00. The van der Waals surface area contributed by atoms with E-state index in [1.165, 1.54) is 16.9 Å². The van der Waals surface area contributed by atoms with Gasteiger partial charge in [-0.3, -0.25) is 0 Å². The van der Waals surface area contributed by atoms with E-state index >= 15 is 0 Å². The van der Waals surface area contributed by atoms with Gasteiger partial charge >= 0.3 is 0 Å². The smallest absolute Gasteiger partial charge is 0.0933 e. The lowest BCUT2D eigenvalue weighted by Crippen LogP contribution is -1.92. The van der Waals surface area contributed by atoms with Crippen molar-refractivity contribution in [1.29, 1.82) is 0 Å². The molecule has 0 amide bonds. The first-order chi connectivity index (χ1) is 5.70. The van der Waals surface area contributed by atoms with Crippen LogP contribution in [0.15, 0.2) is 3.79 Å². The first kappa shape index (κ1) is 10.1. The number of halogens is 1. The van der Waals surface area contributed by atoms with Gasteiger partial charge in [-0.15, -0.1) is 11.3 Å². The Morgan fingerprint density at radius 2 is 2.08 bits per heavy atom. The molecule has 0 aromatic carbocycles. The Hall–Kier alpha value is -0.0200. The highest BCUT2D eigenvalue weighted by Crippen LogP contribution is 2.36. The van der Waals surface area contributed by atoms with Crippen molar-refractivity contribution >= 4 is 33.0 Å². The maximum atomic E-state index is 5.93. The van der Waals surface area contributed by atoms with Crippen molar-refractivity contribution in [2.24, 2.45) is 0 Å². The summed E-state index contributed by atoms with van der Waals surface area (Å²) in [5.74, 6) is 0. The number of anilines is 1. The second-order valence-corrected chi connectivity index (χ2v) is 5.22. The predicted octanol–water partition coefficient (Wildman–Crippen LogP) is 3.61. The fourth-order valence-electron chi connectivity index (χ4n) is 1.30. The highest BCUT2D eigenvalue weighted by molar-refractivity contribution is 9.11. The molecule has 1 nitrogen and oxygen atoms in total. The van der Waals surface area contributed by atoms with Crippen molar-refractivity contribution in [3.63, 3.8) is 0 Å². The standard InChI is InChI=1S/C9H14BrNS/c1-3-5-6-7(4-2)12-9(10)8(6)11/h3-5,11H2,1-2H3. The van der Waals surface area contributed by atoms with E-state index in [0.717, 1.165) is 22.3 Å². The number of nitrogen functional groups attached to an aromatic ring is 1. The molecule has 0 aliphatic heterocycles. The van der Waals surface area contributed by atoms with Crippen LogP contribution in [0, 0.1) is 0 Å². The van der Waals surface area contributed by atoms with Crippen LogP contribution in [0.4, 0.5) is 5.69 Å². The van der Waals surface area contributed by atoms with E-state index in [4.69, 9.17) is 5.73 Å². The Balaban J connectivity index is 3.03. The fraction of sp³-hybridized carbons (Fsp3) is 0.556. The van der Waals surface area contributed by atoms with Crippen molar-refractivity contribution in [2.45, 2.75) is 33.1 Å². The van der Waals surface area contributed by atoms with Crippen molar-refractivity contribution in [1.82, 2.24) is 0 Å². The Bertz CT molecular complexity index is 268. The van der Waals surface area contributed by atoms with Crippen LogP contribution in [-0.2, 0) is 12.8 Å². The number of hydrogen-bond donors (Lipinski definition) is 1. The summed E-state index contributed by atoms with van der Waals surface area (Å²) in [5.41, 5.74) is 8.24. The molecule has 0 bridgehead atoms. The molecule has 0 aliphatic carbocycles. The van der Waals surface area contributed by atoms with Gasteiger partial charge in [-0.05, 0) is 34.3 Å². The van der Waals surface area contributed by atoms with Gasteiger partial charge in [0.2, 0.25) is 0 Å². The Labute approximate surface area is 86.1 Å². The maximum absolute atomic E-state index is 5.93. The van der Waals surface area contributed by atoms with Crippen LogP contribution in [0.3, 0.4) is 0 Å². The van der Waals surface area contributed by atoms with Crippen molar-refractivity contribution < 1.29 is 0 Å². The molecule has 0 fully saturated rings. The molecule has 0 radical (unpaired) electrons. The van der Waals surface area contributed by atoms with E-state index in [2.05, 4.69) is 29.8 Å². The maximum Gasteiger partial charge on any atom is 0.0933 e. The van der Waals surface area contributed by atoms with Gasteiger partial charge in [0.1, 0.15) is 0 Å². The quantitative estimate of drug-likeness (QED) is 0.868. The molecule has 1 aromatic heterocycles. The Morgan fingerprint density at radius 3 is 2.58 bits per heavy atom. The van der Waals surface area contributed by atoms with Gasteiger partial charge in [0.15, 0.2) is 0 Å². The minimum Gasteiger partial charge on any atom is -0.397 e. The normalized spacial score (nSPS) is 10.6. The third-order valence-electron chi connectivity index (χ3n) is 1.91. The monoisotopic (exact) mass is 247 g/mol. The van der Waals surface area contributed by atoms with Crippen LogP contribution in [0.2, 0.25) is 0 Å². The Morgan fingerprint density at radius 1 is 1.42 bits per heavy atom. The number of nitrogens with two attached hydrogens (primary N) is 1. The van der Waals surface area contributed by atoms with Gasteiger partial charge in [-0.25, -0.2) is 0 Å². The van der Waals surface area contributed by atoms with Crippen LogP contribution in [0.1, 0.15) is 30.7 Å². The van der Waals surface area contributed by atoms with E-state index in [1.54, 1.807) is 11.3 Å². The third-order valence-corrected chi connectivity index (χ3v) is 4.00. The molecule has 0 saturated heterocycles. The SMILES string of the molecule is CCCc1c(CC)sc(Br)c1N. The van der Waals surface area contributed by atoms with Crippen molar-refractivity contribution in [2.75, 3.05) is 5.73 Å². The Kier molecular flexibility index (Phi) is 3.59. The van der Waals surface area contributed by atoms with E-state index in [1.807, 2.05) is 0 Å². The molecule has 0 saturated carbocycles. The second-order valence-electron chi connectivity index (χ2n) is 2.79. The summed E-state index contributed by atoms with van der Waals surface area (Å²) < 4.78 is 1.10. The van der Waals surface area contributed by atoms with Crippen LogP contribution >= 0.6 is 27.3 Å². The molecule has 0 atom stereocenters. The van der Waals surface area contributed by atoms with Crippen LogP contribution in [0.25, 0.3) is 0 Å². The summed E-state index contributed by atoms with van der Waals surface area (Å²) in [6.07, 6.45) is 3.37. The van der Waals surface area contributed by atoms with Gasteiger partial charge in [-0.2, -0.15) is 0 Å². The molecule has 1 rings (SSSR count). The van der Waals surface area contributed by atoms with Crippen LogP contribution < -0.4 is 5.73 Å². The van der Waals surface area contributed by atoms with Crippen LogP contribution in [-0.4, -0.2) is 0 Å². The number of rotatable bonds is 3. The lowest BCUT2D eigenvalue weighted by molar-refractivity contribution is 0.912. The van der Waals surface area contributed by atoms with E-state index in [0.29, 0.717) is 0 Å². The largest absolute Gasteiger partial charge is 0.397 e. The topological polar surface area (TPSA) is 26.0 Å². The zero-order chi connectivity index (χ0) is 9.14. The van der Waals surface area contributed by atoms with Gasteiger partial charge < -0.3 is 5.73 Å². The predicted molar refractivity (Wildman–Crippen MR) is 59.8 cm³/mol. The van der Waals surface area contributed by atoms with Gasteiger partial charge in [0, 0.05) is 4.88 Å². The first-order valence-electron chi connectivity index (χ1n) is 4.26. The summed E-state index contributed by atoms with van der Waals surface area (Å²) in [6.45, 7) is 4.36. The highest BCUT2D eigenvalue weighted by Gasteiger charge is 2.11. The van der Waals surface area contributed by atoms with Gasteiger partial charge in [-0.1, -0.05) is 20.3 Å². The van der Waals surface area contributed by atoms with Gasteiger partial charge in [0.25, 0.3) is 0 Å². The average Bonchev–Trinajstić information content (AvgIpc) is 2.33. The molecular formula is C9H14BrNS. The molecule has 1 aromatic rings. The van der Waals surface area contributed by atoms with Crippen molar-refractivity contribution in [3.8, 4) is 0 Å². The zero-order valence-electron chi connectivity index (χ0n) is 7.48. The second kappa shape index (κ2) is 4.28. The summed E-state index contributed by atoms with van der Waals surface area (Å²) in [4.78, 5) is 1.43. The highest BCUT2D eigenvalue weighted by atomic mass is 79.9. The summed E-state index contributed by atoms with van der Waals surface area (Å²) in [7, 11) is 0. The minimum atomic E-state index is 0.957. The van der Waals surface area contributed by atoms with E-state index < -0.39 is 0 Å². The molecule has 2 N–H and O–H groups in total. The molecule has 0 spiro atoms. The zero-order valence-corrected chi connectivity index (χ0v) is 9.89. The number of hydrogen-bond acceptors (Lipinski definition) is 2. The minimum absolute atomic E-state index is 0.957. The molecule has 12 heavy (non-hydrogen) atoms. The third kappa shape index (κ3) is 1.83. The number of aryl methyl sites for hydroxylation is 1. The van der Waals surface area contributed by atoms with Gasteiger partial charge in [0.05, 0.1) is 9.47 Å². The van der Waals surface area contributed by atoms with Crippen molar-refractivity contribution in [3.05, 3.63) is 14.2 Å². The average molecular weight is 248 g/mol. The molecule has 68 valence electrons. The molecule has 0 unspecified atom stereocenters. The molecule has 3 heteroatoms.